The normalized spacial score (nSPS) is 16.3. The van der Waals surface area contributed by atoms with Gasteiger partial charge >= 0.3 is 0 Å². The van der Waals surface area contributed by atoms with Crippen LogP contribution in [-0.4, -0.2) is 44.2 Å². The lowest BCUT2D eigenvalue weighted by atomic mass is 10.1. The number of nitrogens with zero attached hydrogens (tertiary/aromatic N) is 2. The molecule has 0 spiro atoms. The zero-order valence-electron chi connectivity index (χ0n) is 14.5. The van der Waals surface area contributed by atoms with E-state index >= 15 is 0 Å². The van der Waals surface area contributed by atoms with Gasteiger partial charge in [0, 0.05) is 32.2 Å². The summed E-state index contributed by atoms with van der Waals surface area (Å²) in [6, 6.07) is 19.7. The molecule has 1 aliphatic heterocycles. The van der Waals surface area contributed by atoms with Crippen molar-refractivity contribution in [1.82, 2.24) is 4.90 Å². The molecule has 1 heterocycles. The molecule has 0 amide bonds. The number of methoxy groups -OCH3 is 1. The Balaban J connectivity index is 0.00000208. The molecule has 0 bridgehead atoms. The number of hydrogen-bond acceptors (Lipinski definition) is 3. The number of hydrogen-bond donors (Lipinski definition) is 0. The van der Waals surface area contributed by atoms with E-state index in [-0.39, 0.29) is 12.4 Å². The molecular weight excluding hydrogens is 320 g/mol. The van der Waals surface area contributed by atoms with Gasteiger partial charge in [0.2, 0.25) is 0 Å². The molecule has 0 aliphatic carbocycles. The van der Waals surface area contributed by atoms with Crippen LogP contribution in [-0.2, 0) is 6.42 Å². The maximum atomic E-state index is 5.50. The molecule has 0 saturated carbocycles. The quantitative estimate of drug-likeness (QED) is 0.817. The average Bonchev–Trinajstić information content (AvgIpc) is 2.62. The van der Waals surface area contributed by atoms with E-state index in [0.717, 1.165) is 38.3 Å². The number of benzene rings is 2. The Morgan fingerprint density at radius 1 is 0.917 bits per heavy atom. The van der Waals surface area contributed by atoms with Crippen LogP contribution in [0.1, 0.15) is 12.5 Å². The molecule has 0 radical (unpaired) electrons. The first-order chi connectivity index (χ1) is 11.3. The SMILES string of the molecule is COc1ccccc1N1CCN(C(C)Cc2ccccc2)CC1.Cl. The van der Waals surface area contributed by atoms with Crippen LogP contribution >= 0.6 is 12.4 Å². The van der Waals surface area contributed by atoms with Crippen molar-refractivity contribution in [2.75, 3.05) is 38.2 Å². The highest BCUT2D eigenvalue weighted by Crippen LogP contribution is 2.28. The van der Waals surface area contributed by atoms with Crippen molar-refractivity contribution in [2.24, 2.45) is 0 Å². The number of para-hydroxylation sites is 2. The van der Waals surface area contributed by atoms with Gasteiger partial charge in [0.05, 0.1) is 12.8 Å². The second-order valence-corrected chi connectivity index (χ2v) is 6.23. The van der Waals surface area contributed by atoms with Crippen LogP contribution < -0.4 is 9.64 Å². The summed E-state index contributed by atoms with van der Waals surface area (Å²) in [6.45, 7) is 6.66. The zero-order chi connectivity index (χ0) is 16.1. The van der Waals surface area contributed by atoms with Gasteiger partial charge in [0.1, 0.15) is 5.75 Å². The Hall–Kier alpha value is -1.71. The Kier molecular flexibility index (Phi) is 6.95. The van der Waals surface area contributed by atoms with Crippen LogP contribution in [0.2, 0.25) is 0 Å². The van der Waals surface area contributed by atoms with Crippen molar-refractivity contribution in [2.45, 2.75) is 19.4 Å². The van der Waals surface area contributed by atoms with Crippen molar-refractivity contribution in [3.63, 3.8) is 0 Å². The minimum atomic E-state index is 0. The first-order valence-corrected chi connectivity index (χ1v) is 8.44. The van der Waals surface area contributed by atoms with Gasteiger partial charge in [-0.1, -0.05) is 42.5 Å². The molecule has 0 N–H and O–H groups in total. The Labute approximate surface area is 151 Å². The maximum Gasteiger partial charge on any atom is 0.142 e. The predicted molar refractivity (Wildman–Crippen MR) is 104 cm³/mol. The van der Waals surface area contributed by atoms with Crippen LogP contribution in [0, 0.1) is 0 Å². The molecule has 0 aromatic heterocycles. The lowest BCUT2D eigenvalue weighted by Gasteiger charge is -2.39. The summed E-state index contributed by atoms with van der Waals surface area (Å²) in [5, 5.41) is 0. The third-order valence-corrected chi connectivity index (χ3v) is 4.74. The predicted octanol–water partition coefficient (Wildman–Crippen LogP) is 3.87. The van der Waals surface area contributed by atoms with Crippen LogP contribution in [0.3, 0.4) is 0 Å². The molecule has 1 saturated heterocycles. The van der Waals surface area contributed by atoms with E-state index in [1.165, 1.54) is 11.3 Å². The average molecular weight is 347 g/mol. The van der Waals surface area contributed by atoms with Gasteiger partial charge in [0.15, 0.2) is 0 Å². The van der Waals surface area contributed by atoms with Crippen molar-refractivity contribution in [3.8, 4) is 5.75 Å². The molecule has 3 nitrogen and oxygen atoms in total. The Morgan fingerprint density at radius 3 is 2.21 bits per heavy atom. The molecule has 1 fully saturated rings. The van der Waals surface area contributed by atoms with E-state index < -0.39 is 0 Å². The molecule has 1 unspecified atom stereocenters. The first-order valence-electron chi connectivity index (χ1n) is 8.44. The van der Waals surface area contributed by atoms with E-state index in [9.17, 15) is 0 Å². The molecule has 3 rings (SSSR count). The minimum absolute atomic E-state index is 0. The standard InChI is InChI=1S/C20H26N2O.ClH/c1-17(16-18-8-4-3-5-9-18)21-12-14-22(15-13-21)19-10-6-7-11-20(19)23-2;/h3-11,17H,12-16H2,1-2H3;1H. The fourth-order valence-corrected chi connectivity index (χ4v) is 3.38. The number of ether oxygens (including phenoxy) is 1. The molecule has 1 aliphatic rings. The molecule has 1 atom stereocenters. The van der Waals surface area contributed by atoms with Crippen molar-refractivity contribution in [1.29, 1.82) is 0 Å². The third kappa shape index (κ3) is 4.43. The van der Waals surface area contributed by atoms with Crippen LogP contribution in [0.5, 0.6) is 5.75 Å². The van der Waals surface area contributed by atoms with E-state index in [1.807, 2.05) is 12.1 Å². The lowest BCUT2D eigenvalue weighted by molar-refractivity contribution is 0.195. The topological polar surface area (TPSA) is 15.7 Å². The first kappa shape index (κ1) is 18.6. The van der Waals surface area contributed by atoms with Gasteiger partial charge in [-0.25, -0.2) is 0 Å². The van der Waals surface area contributed by atoms with Gasteiger partial charge < -0.3 is 9.64 Å². The fraction of sp³-hybridized carbons (Fsp3) is 0.400. The number of halogens is 1. The lowest BCUT2D eigenvalue weighted by Crippen LogP contribution is -2.50. The highest BCUT2D eigenvalue weighted by Gasteiger charge is 2.22. The monoisotopic (exact) mass is 346 g/mol. The highest BCUT2D eigenvalue weighted by atomic mass is 35.5. The van der Waals surface area contributed by atoms with Gasteiger partial charge in [-0.2, -0.15) is 0 Å². The third-order valence-electron chi connectivity index (χ3n) is 4.74. The van der Waals surface area contributed by atoms with E-state index in [4.69, 9.17) is 4.74 Å². The van der Waals surface area contributed by atoms with Crippen LogP contribution in [0.4, 0.5) is 5.69 Å². The summed E-state index contributed by atoms with van der Waals surface area (Å²) in [6.07, 6.45) is 1.12. The second kappa shape index (κ2) is 8.95. The summed E-state index contributed by atoms with van der Waals surface area (Å²) >= 11 is 0. The summed E-state index contributed by atoms with van der Waals surface area (Å²) < 4.78 is 5.50. The van der Waals surface area contributed by atoms with Gasteiger partial charge in [-0.3, -0.25) is 4.90 Å². The molecule has 2 aromatic carbocycles. The van der Waals surface area contributed by atoms with E-state index in [2.05, 4.69) is 59.2 Å². The molecule has 24 heavy (non-hydrogen) atoms. The number of piperazine rings is 1. The zero-order valence-corrected chi connectivity index (χ0v) is 15.3. The van der Waals surface area contributed by atoms with Gasteiger partial charge in [-0.15, -0.1) is 12.4 Å². The maximum absolute atomic E-state index is 5.50. The number of anilines is 1. The van der Waals surface area contributed by atoms with Gasteiger partial charge in [-0.05, 0) is 31.0 Å². The Morgan fingerprint density at radius 2 is 1.54 bits per heavy atom. The second-order valence-electron chi connectivity index (χ2n) is 6.23. The molecule has 130 valence electrons. The summed E-state index contributed by atoms with van der Waals surface area (Å²) in [7, 11) is 1.75. The summed E-state index contributed by atoms with van der Waals surface area (Å²) in [5.74, 6) is 0.971. The van der Waals surface area contributed by atoms with Crippen LogP contribution in [0.25, 0.3) is 0 Å². The smallest absolute Gasteiger partial charge is 0.142 e. The number of rotatable bonds is 5. The van der Waals surface area contributed by atoms with Crippen molar-refractivity contribution in [3.05, 3.63) is 60.2 Å². The van der Waals surface area contributed by atoms with Crippen LogP contribution in [0.15, 0.2) is 54.6 Å². The minimum Gasteiger partial charge on any atom is -0.495 e. The summed E-state index contributed by atoms with van der Waals surface area (Å²) in [4.78, 5) is 5.03. The van der Waals surface area contributed by atoms with Gasteiger partial charge in [0.25, 0.3) is 0 Å². The molecule has 4 heteroatoms. The summed E-state index contributed by atoms with van der Waals surface area (Å²) in [5.41, 5.74) is 2.64. The largest absolute Gasteiger partial charge is 0.495 e. The Bertz CT molecular complexity index is 612. The molecular formula is C20H27ClN2O. The highest BCUT2D eigenvalue weighted by molar-refractivity contribution is 5.85. The molecule has 2 aromatic rings. The fourth-order valence-electron chi connectivity index (χ4n) is 3.38. The van der Waals surface area contributed by atoms with Crippen molar-refractivity contribution < 1.29 is 4.74 Å². The van der Waals surface area contributed by atoms with E-state index in [1.54, 1.807) is 7.11 Å². The van der Waals surface area contributed by atoms with E-state index in [0.29, 0.717) is 6.04 Å². The van der Waals surface area contributed by atoms with Crippen molar-refractivity contribution >= 4 is 18.1 Å².